The number of ketones is 1. The Morgan fingerprint density at radius 1 is 1.00 bits per heavy atom. The number of amides is 1. The first-order valence-electron chi connectivity index (χ1n) is 25.7. The summed E-state index contributed by atoms with van der Waals surface area (Å²) in [5, 5.41) is 62.0. The number of aliphatic hydroxyl groups excluding tert-OH is 3. The molecule has 12 nitrogen and oxygen atoms in total. The van der Waals surface area contributed by atoms with Crippen LogP contribution in [0.25, 0.3) is 0 Å². The first kappa shape index (κ1) is 53.3. The third-order valence-corrected chi connectivity index (χ3v) is 16.1. The summed E-state index contributed by atoms with van der Waals surface area (Å²) in [5.41, 5.74) is 12.6. The highest BCUT2D eigenvalue weighted by atomic mass is 16.5. The molecule has 0 radical (unpaired) electrons. The molecule has 0 saturated heterocycles. The van der Waals surface area contributed by atoms with Gasteiger partial charge in [0.1, 0.15) is 18.8 Å². The smallest absolute Gasteiger partial charge is 0.243 e. The number of fused-ring (bicyclic) bond motifs is 4. The first-order valence-corrected chi connectivity index (χ1v) is 25.7. The number of aliphatic hydroxyl groups is 4. The number of nitrogens with two attached hydrogens (primary N) is 1. The van der Waals surface area contributed by atoms with Gasteiger partial charge in [-0.05, 0) is 149 Å². The van der Waals surface area contributed by atoms with Gasteiger partial charge in [-0.3, -0.25) is 14.9 Å². The van der Waals surface area contributed by atoms with Gasteiger partial charge < -0.3 is 46.8 Å². The Bertz CT molecular complexity index is 2410. The molecule has 378 valence electrons. The Morgan fingerprint density at radius 3 is 2.59 bits per heavy atom. The van der Waals surface area contributed by atoms with Gasteiger partial charge in [-0.2, -0.15) is 0 Å². The monoisotopic (exact) mass is 958 g/mol. The Kier molecular flexibility index (Phi) is 18.1. The molecule has 11 atom stereocenters. The SMILES string of the molecule is C=C1/C=C/C=C(\[C@H]2CC[C@@]3([C@@H]4CC[C@H](O)Cc5cccc(c5)CC[C@@H](O)CN[C@H]5C(=O)N[C@H](N)c6cccc(c65)CC(=O)/C(C)=C/4CC[C@@]3(C)O)[C@@H]2O)COCC#CC/C(C)=C/C[C@@H]1N[C@@H](C)CNC. The lowest BCUT2D eigenvalue weighted by molar-refractivity contribution is -0.168. The molecule has 2 saturated carbocycles. The number of rotatable bonds is 5. The molecule has 1 amide bonds. The second-order valence-electron chi connectivity index (χ2n) is 21.1. The van der Waals surface area contributed by atoms with Crippen LogP contribution in [0.3, 0.4) is 0 Å². The summed E-state index contributed by atoms with van der Waals surface area (Å²) in [6, 6.07) is 13.0. The third-order valence-electron chi connectivity index (χ3n) is 16.1. The van der Waals surface area contributed by atoms with E-state index < -0.39 is 47.5 Å². The Hall–Kier alpha value is -4.52. The van der Waals surface area contributed by atoms with Crippen LogP contribution in [-0.2, 0) is 33.6 Å². The van der Waals surface area contributed by atoms with Crippen molar-refractivity contribution >= 4 is 11.7 Å². The van der Waals surface area contributed by atoms with Crippen LogP contribution in [0.2, 0.25) is 0 Å². The molecule has 1 spiro atoms. The fourth-order valence-corrected chi connectivity index (χ4v) is 12.2. The number of ether oxygens (including phenoxy) is 1. The lowest BCUT2D eigenvalue weighted by Gasteiger charge is -2.56. The van der Waals surface area contributed by atoms with E-state index in [-0.39, 0.29) is 55.9 Å². The van der Waals surface area contributed by atoms with Crippen LogP contribution in [0, 0.1) is 29.1 Å². The first-order chi connectivity index (χ1) is 33.5. The minimum atomic E-state index is -1.32. The fraction of sp³-hybridized carbons (Fsp3) is 0.552. The van der Waals surface area contributed by atoms with Crippen LogP contribution in [0.15, 0.2) is 101 Å². The van der Waals surface area contributed by atoms with Gasteiger partial charge in [-0.15, -0.1) is 0 Å². The number of allylic oxidation sites excluding steroid dienone is 5. The maximum absolute atomic E-state index is 14.9. The summed E-state index contributed by atoms with van der Waals surface area (Å²) in [4.78, 5) is 28.5. The average molecular weight is 958 g/mol. The highest BCUT2D eigenvalue weighted by Gasteiger charge is 2.64. The molecular weight excluding hydrogens is 879 g/mol. The summed E-state index contributed by atoms with van der Waals surface area (Å²) in [6.07, 6.45) is 10.6. The standard InChI is InChI=1S/C58H79N5O7/c1-36-12-7-8-29-70-35-43(17-9-13-37(2)50(24-19-36)62-38(3)33-60-6)47-26-28-58(54(47)67)49-23-22-44(64)31-41-15-10-14-40(30-41)20-21-45(65)34-61-53-52-42(16-11-18-48(52)55(59)63-56(53)68)32-51(66)39(4)46(49)25-27-57(58,5)69/h9-11,13-19,30,38,44-45,47,49-50,53-55,60-62,64-65,67,69H,2,12,20-29,31-35,59H2,1,3-6H3,(H,63,68)/b13-9+,36-19+,43-17-,46-39+/t38-,44-,45+,47+,49+,50-,53+,54+,55-,57+,58+/m0/s1. The molecule has 10 N–H and O–H groups in total. The van der Waals surface area contributed by atoms with Gasteiger partial charge in [-0.25, -0.2) is 0 Å². The molecule has 2 aromatic carbocycles. The Morgan fingerprint density at radius 2 is 1.79 bits per heavy atom. The molecule has 12 heteroatoms. The van der Waals surface area contributed by atoms with Crippen molar-refractivity contribution in [2.24, 2.45) is 23.0 Å². The zero-order valence-corrected chi connectivity index (χ0v) is 42.2. The van der Waals surface area contributed by atoms with Crippen molar-refractivity contribution in [3.8, 4) is 11.8 Å². The predicted octanol–water partition coefficient (Wildman–Crippen LogP) is 5.81. The number of carbonyl (C=O) groups excluding carboxylic acids is 2. The molecule has 0 aromatic heterocycles. The number of aryl methyl sites for hydroxylation is 1. The van der Waals surface area contributed by atoms with Gasteiger partial charge in [0.25, 0.3) is 0 Å². The van der Waals surface area contributed by atoms with E-state index in [0.717, 1.165) is 40.8 Å². The lowest BCUT2D eigenvalue weighted by atomic mass is 9.52. The van der Waals surface area contributed by atoms with E-state index in [4.69, 9.17) is 10.5 Å². The van der Waals surface area contributed by atoms with Crippen molar-refractivity contribution in [2.45, 2.75) is 153 Å². The molecule has 2 fully saturated rings. The number of nitrogens with one attached hydrogen (secondary N) is 4. The van der Waals surface area contributed by atoms with Gasteiger partial charge in [0, 0.05) is 49.3 Å². The molecule has 2 aromatic rings. The van der Waals surface area contributed by atoms with Crippen molar-refractivity contribution < 1.29 is 34.8 Å². The summed E-state index contributed by atoms with van der Waals surface area (Å²) < 4.78 is 6.24. The fourth-order valence-electron chi connectivity index (χ4n) is 12.2. The van der Waals surface area contributed by atoms with Crippen LogP contribution in [0.4, 0.5) is 0 Å². The van der Waals surface area contributed by atoms with Gasteiger partial charge in [0.15, 0.2) is 5.78 Å². The molecule has 2 bridgehead atoms. The Balaban J connectivity index is 1.27. The zero-order chi connectivity index (χ0) is 50.2. The Labute approximate surface area is 416 Å². The molecule has 0 unspecified atom stereocenters. The van der Waals surface area contributed by atoms with Crippen molar-refractivity contribution in [3.63, 3.8) is 0 Å². The van der Waals surface area contributed by atoms with Crippen LogP contribution in [0.1, 0.15) is 126 Å². The topological polar surface area (TPSA) is 198 Å². The molecule has 5 aliphatic rings. The van der Waals surface area contributed by atoms with E-state index in [1.165, 1.54) is 5.57 Å². The van der Waals surface area contributed by atoms with Crippen molar-refractivity contribution in [1.82, 2.24) is 21.3 Å². The molecule has 2 aliphatic carbocycles. The predicted molar refractivity (Wildman–Crippen MR) is 276 cm³/mol. The van der Waals surface area contributed by atoms with Crippen molar-refractivity contribution in [3.05, 3.63) is 129 Å². The number of hydrogen-bond acceptors (Lipinski definition) is 11. The van der Waals surface area contributed by atoms with Crippen LogP contribution < -0.4 is 27.0 Å². The number of Topliss-reactive ketones (excluding diaryl/α,β-unsaturated/α-hetero) is 1. The van der Waals surface area contributed by atoms with Crippen molar-refractivity contribution in [1.29, 1.82) is 0 Å². The van der Waals surface area contributed by atoms with E-state index in [1.54, 1.807) is 0 Å². The second-order valence-corrected chi connectivity index (χ2v) is 21.1. The molecule has 70 heavy (non-hydrogen) atoms. The molecule has 7 rings (SSSR count). The third kappa shape index (κ3) is 12.2. The normalized spacial score (nSPS) is 35.5. The number of likely N-dealkylation sites (N-methyl/N-ethyl adjacent to an activating group) is 1. The summed E-state index contributed by atoms with van der Waals surface area (Å²) >= 11 is 0. The van der Waals surface area contributed by atoms with E-state index in [0.29, 0.717) is 86.5 Å². The highest BCUT2D eigenvalue weighted by molar-refractivity contribution is 5.98. The number of β-amino-alcohol motifs (C(OH)–C–C–N with tert-alkyl or cyclic N) is 1. The minimum absolute atomic E-state index is 0.00282. The molecular formula is C58H79N5O7. The van der Waals surface area contributed by atoms with Gasteiger partial charge in [0.2, 0.25) is 5.91 Å². The van der Waals surface area contributed by atoms with Gasteiger partial charge in [0.05, 0.1) is 30.5 Å². The van der Waals surface area contributed by atoms with Crippen LogP contribution >= 0.6 is 0 Å². The van der Waals surface area contributed by atoms with E-state index >= 15 is 0 Å². The van der Waals surface area contributed by atoms with Gasteiger partial charge in [-0.1, -0.05) is 96.3 Å². The molecule has 3 aliphatic heterocycles. The maximum Gasteiger partial charge on any atom is 0.243 e. The number of carbonyl (C=O) groups is 2. The largest absolute Gasteiger partial charge is 0.393 e. The maximum atomic E-state index is 14.9. The van der Waals surface area contributed by atoms with E-state index in [9.17, 15) is 30.0 Å². The lowest BCUT2D eigenvalue weighted by Crippen LogP contribution is -2.59. The number of hydrogen-bond donors (Lipinski definition) is 9. The van der Waals surface area contributed by atoms with Crippen LogP contribution in [-0.4, -0.2) is 101 Å². The van der Waals surface area contributed by atoms with Crippen LogP contribution in [0.5, 0.6) is 0 Å². The highest BCUT2D eigenvalue weighted by Crippen LogP contribution is 2.63. The summed E-state index contributed by atoms with van der Waals surface area (Å²) in [5.74, 6) is 5.18. The van der Waals surface area contributed by atoms with Gasteiger partial charge >= 0.3 is 0 Å². The minimum Gasteiger partial charge on any atom is -0.393 e. The molecule has 3 heterocycles. The van der Waals surface area contributed by atoms with E-state index in [2.05, 4.69) is 65.7 Å². The summed E-state index contributed by atoms with van der Waals surface area (Å²) in [7, 11) is 1.94. The van der Waals surface area contributed by atoms with Crippen molar-refractivity contribution in [2.75, 3.05) is 33.4 Å². The average Bonchev–Trinajstić information content (AvgIpc) is 3.66. The second kappa shape index (κ2) is 23.8. The summed E-state index contributed by atoms with van der Waals surface area (Å²) in [6.45, 7) is 13.9. The zero-order valence-electron chi connectivity index (χ0n) is 42.2. The quantitative estimate of drug-likeness (QED) is 0.130. The number of benzene rings is 2. The van der Waals surface area contributed by atoms with E-state index in [1.807, 2.05) is 75.5 Å².